The second kappa shape index (κ2) is 14.2. The molecule has 154 valence electrons. The molecule has 6 nitrogen and oxygen atoms in total. The van der Waals surface area contributed by atoms with Crippen LogP contribution in [-0.4, -0.2) is 46.7 Å². The predicted octanol–water partition coefficient (Wildman–Crippen LogP) is 4.59. The highest BCUT2D eigenvalue weighted by atomic mass is 16.4. The summed E-state index contributed by atoms with van der Waals surface area (Å²) in [5.74, 6) is 0.609. The molecular formula is C21H36N2O4. The minimum Gasteiger partial charge on any atom is -0.483 e. The van der Waals surface area contributed by atoms with E-state index >= 15 is 0 Å². The number of likely N-dealkylation sites (N-methyl/N-ethyl adjacent to an activating group) is 1. The van der Waals surface area contributed by atoms with Crippen LogP contribution in [0.1, 0.15) is 76.6 Å². The summed E-state index contributed by atoms with van der Waals surface area (Å²) in [6.45, 7) is 3.93. The highest BCUT2D eigenvalue weighted by Crippen LogP contribution is 2.28. The normalized spacial score (nSPS) is 14.6. The van der Waals surface area contributed by atoms with Crippen LogP contribution < -0.4 is 0 Å². The van der Waals surface area contributed by atoms with Gasteiger partial charge in [0.2, 0.25) is 0 Å². The molecule has 0 aromatic carbocycles. The molecule has 1 unspecified atom stereocenters. The fourth-order valence-corrected chi connectivity index (χ4v) is 3.31. The Hall–Kier alpha value is -1.95. The second-order valence-electron chi connectivity index (χ2n) is 7.06. The van der Waals surface area contributed by atoms with Crippen LogP contribution in [0.2, 0.25) is 0 Å². The Morgan fingerprint density at radius 1 is 1.15 bits per heavy atom. The van der Waals surface area contributed by atoms with Gasteiger partial charge in [-0.3, -0.25) is 4.79 Å². The van der Waals surface area contributed by atoms with Crippen LogP contribution in [0.15, 0.2) is 34.7 Å². The highest BCUT2D eigenvalue weighted by molar-refractivity contribution is 5.32. The zero-order chi connectivity index (χ0) is 19.9. The summed E-state index contributed by atoms with van der Waals surface area (Å²) in [4.78, 5) is 12.8. The number of aliphatic hydroxyl groups is 1. The van der Waals surface area contributed by atoms with E-state index in [0.717, 1.165) is 18.9 Å². The van der Waals surface area contributed by atoms with Gasteiger partial charge in [0.1, 0.15) is 5.76 Å². The topological polar surface area (TPSA) is 77.2 Å². The molecule has 0 amide bonds. The standard InChI is InChI=1S/C20H34N2O2.CH2O2/c1-3-4-5-6-7-8-9-10-11-14-22-16-18(21(2)17-22)20(23)19-13-12-15-24-19;2-1-3/h12-13,15-16,20,23H,3-11,14,17H2,1-2H3;1H,(H,2,3). The summed E-state index contributed by atoms with van der Waals surface area (Å²) in [5, 5.41) is 17.3. The van der Waals surface area contributed by atoms with Crippen LogP contribution in [0.5, 0.6) is 0 Å². The molecule has 1 aliphatic heterocycles. The number of unbranched alkanes of at least 4 members (excludes halogenated alkanes) is 8. The van der Waals surface area contributed by atoms with E-state index in [1.165, 1.54) is 57.8 Å². The van der Waals surface area contributed by atoms with Gasteiger partial charge in [-0.05, 0) is 18.6 Å². The smallest absolute Gasteiger partial charge is 0.290 e. The second-order valence-corrected chi connectivity index (χ2v) is 7.06. The van der Waals surface area contributed by atoms with Crippen LogP contribution in [0.25, 0.3) is 0 Å². The van der Waals surface area contributed by atoms with E-state index < -0.39 is 6.10 Å². The van der Waals surface area contributed by atoms with Gasteiger partial charge in [-0.2, -0.15) is 0 Å². The molecule has 0 radical (unpaired) electrons. The lowest BCUT2D eigenvalue weighted by molar-refractivity contribution is -0.122. The van der Waals surface area contributed by atoms with E-state index in [9.17, 15) is 5.11 Å². The Morgan fingerprint density at radius 2 is 1.74 bits per heavy atom. The quantitative estimate of drug-likeness (QED) is 0.408. The first-order valence-corrected chi connectivity index (χ1v) is 10.1. The average molecular weight is 381 g/mol. The average Bonchev–Trinajstić information content (AvgIpc) is 3.30. The summed E-state index contributed by atoms with van der Waals surface area (Å²) >= 11 is 0. The lowest BCUT2D eigenvalue weighted by atomic mass is 10.1. The van der Waals surface area contributed by atoms with Crippen molar-refractivity contribution < 1.29 is 19.4 Å². The van der Waals surface area contributed by atoms with Crippen molar-refractivity contribution in [3.8, 4) is 0 Å². The SMILES string of the molecule is CCCCCCCCCCCN1C=C(C(O)c2ccco2)N(C)C1.O=CO. The van der Waals surface area contributed by atoms with Crippen LogP contribution >= 0.6 is 0 Å². The van der Waals surface area contributed by atoms with Crippen molar-refractivity contribution in [2.24, 2.45) is 0 Å². The van der Waals surface area contributed by atoms with Gasteiger partial charge < -0.3 is 24.4 Å². The lowest BCUT2D eigenvalue weighted by Gasteiger charge is -2.20. The number of nitrogens with zero attached hydrogens (tertiary/aromatic N) is 2. The van der Waals surface area contributed by atoms with E-state index in [0.29, 0.717) is 5.76 Å². The molecule has 1 aromatic heterocycles. The van der Waals surface area contributed by atoms with Crippen LogP contribution in [-0.2, 0) is 4.79 Å². The molecule has 0 spiro atoms. The number of furan rings is 1. The van der Waals surface area contributed by atoms with Crippen molar-refractivity contribution >= 4 is 6.47 Å². The minimum absolute atomic E-state index is 0.250. The number of hydrogen-bond donors (Lipinski definition) is 2. The van der Waals surface area contributed by atoms with E-state index in [2.05, 4.69) is 22.9 Å². The summed E-state index contributed by atoms with van der Waals surface area (Å²) in [6, 6.07) is 3.64. The zero-order valence-electron chi connectivity index (χ0n) is 16.8. The molecule has 1 aromatic rings. The molecule has 2 rings (SSSR count). The monoisotopic (exact) mass is 380 g/mol. The summed E-state index contributed by atoms with van der Waals surface area (Å²) in [5.41, 5.74) is 0.917. The summed E-state index contributed by atoms with van der Waals surface area (Å²) in [7, 11) is 2.02. The van der Waals surface area contributed by atoms with Crippen molar-refractivity contribution in [2.75, 3.05) is 20.3 Å². The van der Waals surface area contributed by atoms with Gasteiger partial charge in [0.05, 0.1) is 18.6 Å². The van der Waals surface area contributed by atoms with E-state index in [-0.39, 0.29) is 6.47 Å². The van der Waals surface area contributed by atoms with Crippen molar-refractivity contribution in [1.82, 2.24) is 9.80 Å². The zero-order valence-corrected chi connectivity index (χ0v) is 16.8. The fraction of sp³-hybridized carbons (Fsp3) is 0.667. The van der Waals surface area contributed by atoms with Gasteiger partial charge in [-0.25, -0.2) is 0 Å². The van der Waals surface area contributed by atoms with Gasteiger partial charge in [-0.15, -0.1) is 0 Å². The van der Waals surface area contributed by atoms with Gasteiger partial charge in [0.15, 0.2) is 6.10 Å². The molecule has 0 aliphatic carbocycles. The van der Waals surface area contributed by atoms with E-state index in [4.69, 9.17) is 14.3 Å². The predicted molar refractivity (Wildman–Crippen MR) is 107 cm³/mol. The van der Waals surface area contributed by atoms with E-state index in [1.54, 1.807) is 6.26 Å². The Morgan fingerprint density at radius 3 is 2.30 bits per heavy atom. The lowest BCUT2D eigenvalue weighted by Crippen LogP contribution is -2.25. The largest absolute Gasteiger partial charge is 0.483 e. The molecule has 27 heavy (non-hydrogen) atoms. The fourth-order valence-electron chi connectivity index (χ4n) is 3.31. The molecule has 0 saturated carbocycles. The van der Waals surface area contributed by atoms with Crippen LogP contribution in [0.4, 0.5) is 0 Å². The molecule has 2 heterocycles. The number of aliphatic hydroxyl groups excluding tert-OH is 1. The number of carboxylic acid groups (broad SMARTS) is 1. The van der Waals surface area contributed by atoms with Crippen LogP contribution in [0, 0.1) is 0 Å². The minimum atomic E-state index is -0.668. The number of carbonyl (C=O) groups is 1. The third-order valence-electron chi connectivity index (χ3n) is 4.79. The highest BCUT2D eigenvalue weighted by Gasteiger charge is 2.25. The van der Waals surface area contributed by atoms with Crippen molar-refractivity contribution in [3.05, 3.63) is 36.1 Å². The van der Waals surface area contributed by atoms with Gasteiger partial charge in [0.25, 0.3) is 6.47 Å². The Labute approximate surface area is 163 Å². The molecule has 1 aliphatic rings. The maximum absolute atomic E-state index is 10.4. The Balaban J connectivity index is 0.00000114. The molecular weight excluding hydrogens is 344 g/mol. The molecule has 0 fully saturated rings. The summed E-state index contributed by atoms with van der Waals surface area (Å²) < 4.78 is 5.32. The summed E-state index contributed by atoms with van der Waals surface area (Å²) in [6.07, 6.45) is 15.2. The van der Waals surface area contributed by atoms with Crippen LogP contribution in [0.3, 0.4) is 0 Å². The molecule has 0 bridgehead atoms. The molecule has 6 heteroatoms. The maximum atomic E-state index is 10.4. The van der Waals surface area contributed by atoms with Gasteiger partial charge >= 0.3 is 0 Å². The molecule has 1 atom stereocenters. The molecule has 0 saturated heterocycles. The van der Waals surface area contributed by atoms with E-state index in [1.807, 2.05) is 19.2 Å². The molecule has 2 N–H and O–H groups in total. The Bertz CT molecular complexity index is 516. The Kier molecular flexibility index (Phi) is 12.1. The third-order valence-corrected chi connectivity index (χ3v) is 4.79. The number of hydrogen-bond acceptors (Lipinski definition) is 5. The van der Waals surface area contributed by atoms with Gasteiger partial charge in [0, 0.05) is 19.8 Å². The van der Waals surface area contributed by atoms with Crippen molar-refractivity contribution in [1.29, 1.82) is 0 Å². The third kappa shape index (κ3) is 9.00. The maximum Gasteiger partial charge on any atom is 0.290 e. The van der Waals surface area contributed by atoms with Crippen molar-refractivity contribution in [3.63, 3.8) is 0 Å². The first-order valence-electron chi connectivity index (χ1n) is 10.1. The van der Waals surface area contributed by atoms with Crippen molar-refractivity contribution in [2.45, 2.75) is 70.8 Å². The first kappa shape index (κ1) is 23.1. The van der Waals surface area contributed by atoms with Gasteiger partial charge in [-0.1, -0.05) is 58.3 Å². The first-order chi connectivity index (χ1) is 13.1. The number of rotatable bonds is 12.